The number of aromatic nitrogens is 2. The van der Waals surface area contributed by atoms with Crippen LogP contribution in [-0.2, 0) is 25.9 Å². The molecule has 270 valence electrons. The van der Waals surface area contributed by atoms with Crippen molar-refractivity contribution in [1.29, 1.82) is 0 Å². The Morgan fingerprint density at radius 1 is 0.458 bits per heavy atom. The second-order valence-electron chi connectivity index (χ2n) is 14.1. The molecule has 0 saturated heterocycles. The van der Waals surface area contributed by atoms with Crippen molar-refractivity contribution in [2.24, 2.45) is 11.5 Å². The van der Waals surface area contributed by atoms with Crippen molar-refractivity contribution in [2.45, 2.75) is 194 Å². The molecule has 2 aromatic heterocycles. The maximum Gasteiger partial charge on any atom is 0.255 e. The number of nitrogens with zero attached hydrogens (tertiary/aromatic N) is 2. The van der Waals surface area contributed by atoms with E-state index in [9.17, 15) is 9.59 Å². The molecule has 0 saturated carbocycles. The molecule has 0 spiro atoms. The van der Waals surface area contributed by atoms with E-state index in [4.69, 9.17) is 11.5 Å². The van der Waals surface area contributed by atoms with Gasteiger partial charge in [-0.1, -0.05) is 129 Å². The topological polar surface area (TPSA) is 93.9 Å². The summed E-state index contributed by atoms with van der Waals surface area (Å²) >= 11 is 0. The first-order chi connectivity index (χ1) is 23.5. The van der Waals surface area contributed by atoms with Gasteiger partial charge < -0.3 is 11.5 Å². The summed E-state index contributed by atoms with van der Waals surface area (Å²) in [6.45, 7) is 6.42. The first kappa shape index (κ1) is 41.4. The summed E-state index contributed by atoms with van der Waals surface area (Å²) in [6.07, 6.45) is 36.4. The smallest absolute Gasteiger partial charge is 0.255 e. The van der Waals surface area contributed by atoms with Gasteiger partial charge in [0, 0.05) is 37.8 Å². The summed E-state index contributed by atoms with van der Waals surface area (Å²) in [5, 5.41) is 0. The highest BCUT2D eigenvalue weighted by atomic mass is 16.1. The van der Waals surface area contributed by atoms with E-state index in [0.29, 0.717) is 11.1 Å². The number of primary amides is 2. The van der Waals surface area contributed by atoms with Crippen molar-refractivity contribution in [3.8, 4) is 0 Å². The second-order valence-corrected chi connectivity index (χ2v) is 14.1. The third-order valence-electron chi connectivity index (χ3n) is 9.99. The Bertz CT molecular complexity index is 1060. The van der Waals surface area contributed by atoms with Gasteiger partial charge in [-0.15, -0.1) is 0 Å². The molecular weight excluding hydrogens is 592 g/mol. The molecule has 0 aromatic carbocycles. The number of rotatable bonds is 31. The minimum absolute atomic E-state index is 0.336. The normalized spacial score (nSPS) is 11.3. The lowest BCUT2D eigenvalue weighted by Gasteiger charge is -2.09. The van der Waals surface area contributed by atoms with Crippen LogP contribution in [0.3, 0.4) is 0 Å². The van der Waals surface area contributed by atoms with Gasteiger partial charge in [0.2, 0.25) is 0 Å². The number of unbranched alkanes of at least 4 members (excludes halogenated alkanes) is 21. The zero-order valence-electron chi connectivity index (χ0n) is 31.1. The average molecular weight is 665 g/mol. The Morgan fingerprint density at radius 3 is 1.06 bits per heavy atom. The second kappa shape index (κ2) is 27.1. The van der Waals surface area contributed by atoms with Crippen LogP contribution in [-0.4, -0.2) is 11.8 Å². The van der Waals surface area contributed by atoms with E-state index in [-0.39, 0.29) is 11.8 Å². The van der Waals surface area contributed by atoms with Gasteiger partial charge >= 0.3 is 0 Å². The van der Waals surface area contributed by atoms with Crippen LogP contribution >= 0.6 is 0 Å². The summed E-state index contributed by atoms with van der Waals surface area (Å²) in [6, 6.07) is 7.67. The van der Waals surface area contributed by atoms with Crippen molar-refractivity contribution >= 4 is 11.8 Å². The minimum atomic E-state index is -0.336. The maximum atomic E-state index is 12.3. The SMILES string of the molecule is CCCCCCCCCCCC[n+]1cccc(C(N)=O)c1CCCCCCc1c(C(N)=O)ccc[n+]1CCCCCCCCCCCC. The zero-order chi connectivity index (χ0) is 34.7. The van der Waals surface area contributed by atoms with Crippen LogP contribution in [0.15, 0.2) is 36.7 Å². The molecule has 0 atom stereocenters. The fourth-order valence-electron chi connectivity index (χ4n) is 7.07. The van der Waals surface area contributed by atoms with Crippen LogP contribution in [0.5, 0.6) is 0 Å². The van der Waals surface area contributed by atoms with Crippen molar-refractivity contribution in [1.82, 2.24) is 0 Å². The minimum Gasteiger partial charge on any atom is -0.365 e. The van der Waals surface area contributed by atoms with Gasteiger partial charge in [0.05, 0.1) is 0 Å². The third-order valence-corrected chi connectivity index (χ3v) is 9.99. The number of pyridine rings is 2. The van der Waals surface area contributed by atoms with E-state index >= 15 is 0 Å². The van der Waals surface area contributed by atoms with Crippen molar-refractivity contribution in [3.63, 3.8) is 0 Å². The monoisotopic (exact) mass is 665 g/mol. The molecule has 0 aliphatic heterocycles. The number of carbonyl (C=O) groups is 2. The quantitative estimate of drug-likeness (QED) is 0.0620. The van der Waals surface area contributed by atoms with Gasteiger partial charge in [-0.25, -0.2) is 9.13 Å². The van der Waals surface area contributed by atoms with Gasteiger partial charge in [-0.05, 0) is 37.8 Å². The Morgan fingerprint density at radius 2 is 0.750 bits per heavy atom. The van der Waals surface area contributed by atoms with Crippen LogP contribution in [0.1, 0.15) is 200 Å². The lowest BCUT2D eigenvalue weighted by Crippen LogP contribution is -2.40. The number of carbonyl (C=O) groups excluding carboxylic acids is 2. The highest BCUT2D eigenvalue weighted by molar-refractivity contribution is 5.93. The van der Waals surface area contributed by atoms with Gasteiger partial charge in [-0.2, -0.15) is 0 Å². The van der Waals surface area contributed by atoms with E-state index in [1.807, 2.05) is 24.3 Å². The fraction of sp³-hybridized carbons (Fsp3) is 0.714. The van der Waals surface area contributed by atoms with Crippen LogP contribution < -0.4 is 20.6 Å². The van der Waals surface area contributed by atoms with Crippen LogP contribution in [0, 0.1) is 0 Å². The molecule has 0 aliphatic rings. The summed E-state index contributed by atoms with van der Waals surface area (Å²) in [4.78, 5) is 24.6. The average Bonchev–Trinajstić information content (AvgIpc) is 3.08. The summed E-state index contributed by atoms with van der Waals surface area (Å²) < 4.78 is 4.54. The van der Waals surface area contributed by atoms with Crippen LogP contribution in [0.4, 0.5) is 0 Å². The Hall–Kier alpha value is -2.76. The zero-order valence-corrected chi connectivity index (χ0v) is 31.1. The Labute approximate surface area is 294 Å². The van der Waals surface area contributed by atoms with E-state index in [0.717, 1.165) is 75.8 Å². The summed E-state index contributed by atoms with van der Waals surface area (Å²) in [5.74, 6) is -0.671. The Balaban J connectivity index is 1.77. The summed E-state index contributed by atoms with van der Waals surface area (Å²) in [5.41, 5.74) is 15.1. The molecule has 0 radical (unpaired) electrons. The molecular formula is C42H72N4O2+2. The van der Waals surface area contributed by atoms with E-state index < -0.39 is 0 Å². The van der Waals surface area contributed by atoms with Gasteiger partial charge in [0.25, 0.3) is 11.8 Å². The van der Waals surface area contributed by atoms with E-state index in [1.165, 1.54) is 116 Å². The standard InChI is InChI=1S/C42H70N4O2/c1-3-5-7-9-11-13-15-17-21-25-33-45-35-27-29-37(41(43)47)39(45)31-23-19-20-24-32-40-38(42(44)48)30-28-36-46(40)34-26-22-18-16-14-12-10-8-6-4-2/h27-30,35-36H,3-26,31-34H2,1-2H3,(H2-2,43,44,47,48)/p+2. The molecule has 0 aliphatic carbocycles. The maximum absolute atomic E-state index is 12.3. The number of aryl methyl sites for hydroxylation is 2. The highest BCUT2D eigenvalue weighted by Crippen LogP contribution is 2.15. The number of amides is 2. The Kier molecular flexibility index (Phi) is 23.4. The van der Waals surface area contributed by atoms with Crippen molar-refractivity contribution < 1.29 is 18.7 Å². The third kappa shape index (κ3) is 17.6. The lowest BCUT2D eigenvalue weighted by atomic mass is 10.0. The number of hydrogen-bond acceptors (Lipinski definition) is 2. The fourth-order valence-corrected chi connectivity index (χ4v) is 7.07. The largest absolute Gasteiger partial charge is 0.365 e. The predicted molar refractivity (Wildman–Crippen MR) is 200 cm³/mol. The molecule has 6 heteroatoms. The molecule has 48 heavy (non-hydrogen) atoms. The van der Waals surface area contributed by atoms with E-state index in [1.54, 1.807) is 0 Å². The predicted octanol–water partition coefficient (Wildman–Crippen LogP) is 9.65. The lowest BCUT2D eigenvalue weighted by molar-refractivity contribution is -0.705. The van der Waals surface area contributed by atoms with Crippen molar-refractivity contribution in [2.75, 3.05) is 0 Å². The van der Waals surface area contributed by atoms with Gasteiger partial charge in [0.15, 0.2) is 23.8 Å². The molecule has 0 bridgehead atoms. The van der Waals surface area contributed by atoms with Gasteiger partial charge in [0.1, 0.15) is 24.2 Å². The molecule has 2 amide bonds. The van der Waals surface area contributed by atoms with Crippen LogP contribution in [0.2, 0.25) is 0 Å². The van der Waals surface area contributed by atoms with Gasteiger partial charge in [-0.3, -0.25) is 9.59 Å². The molecule has 2 rings (SSSR count). The molecule has 6 nitrogen and oxygen atoms in total. The van der Waals surface area contributed by atoms with Crippen LogP contribution in [0.25, 0.3) is 0 Å². The molecule has 0 unspecified atom stereocenters. The molecule has 4 N–H and O–H groups in total. The van der Waals surface area contributed by atoms with Crippen molar-refractivity contribution in [3.05, 3.63) is 59.2 Å². The van der Waals surface area contributed by atoms with E-state index in [2.05, 4.69) is 35.4 Å². The molecule has 0 fully saturated rings. The number of hydrogen-bond donors (Lipinski definition) is 2. The molecule has 2 heterocycles. The first-order valence-electron chi connectivity index (χ1n) is 20.1. The highest BCUT2D eigenvalue weighted by Gasteiger charge is 2.21. The molecule has 2 aromatic rings. The summed E-state index contributed by atoms with van der Waals surface area (Å²) in [7, 11) is 0. The number of nitrogens with two attached hydrogens (primary N) is 2. The first-order valence-corrected chi connectivity index (χ1v) is 20.1.